The van der Waals surface area contributed by atoms with Crippen molar-refractivity contribution in [1.29, 1.82) is 0 Å². The van der Waals surface area contributed by atoms with Gasteiger partial charge in [-0.15, -0.1) is 0 Å². The van der Waals surface area contributed by atoms with E-state index in [0.717, 1.165) is 0 Å². The standard InChI is InChI=1S/C9H16O2/c1-8(10)5-6-11-7-9(2,3)4/h5-6H,7H2,1-4H3. The first-order valence-corrected chi connectivity index (χ1v) is 3.70. The minimum absolute atomic E-state index is 0.0129. The molecule has 0 unspecified atom stereocenters. The minimum Gasteiger partial charge on any atom is -0.501 e. The molecule has 0 atom stereocenters. The van der Waals surface area contributed by atoms with Gasteiger partial charge in [0.1, 0.15) is 0 Å². The molecule has 0 radical (unpaired) electrons. The number of hydrogen-bond acceptors (Lipinski definition) is 2. The monoisotopic (exact) mass is 156 g/mol. The first-order valence-electron chi connectivity index (χ1n) is 3.70. The highest BCUT2D eigenvalue weighted by Gasteiger charge is 2.08. The van der Waals surface area contributed by atoms with Crippen molar-refractivity contribution in [3.8, 4) is 0 Å². The molecule has 0 N–H and O–H groups in total. The maximum absolute atomic E-state index is 10.4. The topological polar surface area (TPSA) is 26.3 Å². The van der Waals surface area contributed by atoms with Gasteiger partial charge in [0.2, 0.25) is 0 Å². The Morgan fingerprint density at radius 1 is 1.45 bits per heavy atom. The van der Waals surface area contributed by atoms with Gasteiger partial charge in [0.25, 0.3) is 0 Å². The van der Waals surface area contributed by atoms with Gasteiger partial charge in [0.05, 0.1) is 12.9 Å². The molecule has 0 aromatic heterocycles. The predicted molar refractivity (Wildman–Crippen MR) is 45.2 cm³/mol. The molecule has 2 heteroatoms. The van der Waals surface area contributed by atoms with Crippen LogP contribution in [0.4, 0.5) is 0 Å². The van der Waals surface area contributed by atoms with E-state index >= 15 is 0 Å². The van der Waals surface area contributed by atoms with E-state index in [0.29, 0.717) is 6.61 Å². The molecule has 0 aromatic carbocycles. The summed E-state index contributed by atoms with van der Waals surface area (Å²) >= 11 is 0. The van der Waals surface area contributed by atoms with Crippen LogP contribution in [-0.4, -0.2) is 12.4 Å². The molecule has 0 aliphatic carbocycles. The van der Waals surface area contributed by atoms with Crippen molar-refractivity contribution in [2.24, 2.45) is 5.41 Å². The third-order valence-electron chi connectivity index (χ3n) is 0.915. The molecule has 0 aliphatic rings. The first-order chi connectivity index (χ1) is 4.92. The molecule has 0 amide bonds. The van der Waals surface area contributed by atoms with Crippen molar-refractivity contribution in [2.45, 2.75) is 27.7 Å². The molecule has 0 aromatic rings. The smallest absolute Gasteiger partial charge is 0.155 e. The number of ketones is 1. The summed E-state index contributed by atoms with van der Waals surface area (Å²) in [4.78, 5) is 10.4. The quantitative estimate of drug-likeness (QED) is 0.462. The molecular weight excluding hydrogens is 140 g/mol. The molecular formula is C9H16O2. The Bertz CT molecular complexity index is 151. The van der Waals surface area contributed by atoms with E-state index in [1.807, 2.05) is 0 Å². The zero-order valence-corrected chi connectivity index (χ0v) is 7.68. The Balaban J connectivity index is 3.50. The van der Waals surface area contributed by atoms with Crippen LogP contribution in [0.3, 0.4) is 0 Å². The summed E-state index contributed by atoms with van der Waals surface area (Å²) in [5.74, 6) is 0.0129. The molecule has 2 nitrogen and oxygen atoms in total. The third-order valence-corrected chi connectivity index (χ3v) is 0.915. The van der Waals surface area contributed by atoms with Crippen LogP contribution in [0.2, 0.25) is 0 Å². The average Bonchev–Trinajstić information content (AvgIpc) is 1.78. The van der Waals surface area contributed by atoms with Gasteiger partial charge in [-0.25, -0.2) is 0 Å². The number of ether oxygens (including phenoxy) is 1. The van der Waals surface area contributed by atoms with Gasteiger partial charge < -0.3 is 4.74 Å². The summed E-state index contributed by atoms with van der Waals surface area (Å²) < 4.78 is 5.11. The van der Waals surface area contributed by atoms with Crippen molar-refractivity contribution in [3.05, 3.63) is 12.3 Å². The molecule has 0 bridgehead atoms. The van der Waals surface area contributed by atoms with Gasteiger partial charge in [0, 0.05) is 6.08 Å². The van der Waals surface area contributed by atoms with Crippen molar-refractivity contribution in [1.82, 2.24) is 0 Å². The maximum Gasteiger partial charge on any atom is 0.155 e. The summed E-state index contributed by atoms with van der Waals surface area (Å²) in [6, 6.07) is 0. The van der Waals surface area contributed by atoms with Gasteiger partial charge in [-0.05, 0) is 12.3 Å². The second-order valence-electron chi connectivity index (χ2n) is 3.79. The zero-order chi connectivity index (χ0) is 8.91. The van der Waals surface area contributed by atoms with E-state index in [4.69, 9.17) is 4.74 Å². The van der Waals surface area contributed by atoms with E-state index in [9.17, 15) is 4.79 Å². The maximum atomic E-state index is 10.4. The number of carbonyl (C=O) groups is 1. The van der Waals surface area contributed by atoms with Crippen LogP contribution in [0.5, 0.6) is 0 Å². The molecule has 0 fully saturated rings. The Morgan fingerprint density at radius 2 is 2.00 bits per heavy atom. The fourth-order valence-electron chi connectivity index (χ4n) is 0.442. The van der Waals surface area contributed by atoms with Crippen molar-refractivity contribution in [3.63, 3.8) is 0 Å². The van der Waals surface area contributed by atoms with Gasteiger partial charge >= 0.3 is 0 Å². The van der Waals surface area contributed by atoms with Gasteiger partial charge in [0.15, 0.2) is 5.78 Å². The highest BCUT2D eigenvalue weighted by molar-refractivity contribution is 5.86. The lowest BCUT2D eigenvalue weighted by atomic mass is 9.99. The van der Waals surface area contributed by atoms with Gasteiger partial charge in [-0.1, -0.05) is 20.8 Å². The predicted octanol–water partition coefficient (Wildman–Crippen LogP) is 2.15. The number of hydrogen-bond donors (Lipinski definition) is 0. The second-order valence-corrected chi connectivity index (χ2v) is 3.79. The van der Waals surface area contributed by atoms with Crippen LogP contribution in [-0.2, 0) is 9.53 Å². The van der Waals surface area contributed by atoms with Gasteiger partial charge in [-0.2, -0.15) is 0 Å². The van der Waals surface area contributed by atoms with E-state index in [1.165, 1.54) is 19.3 Å². The third kappa shape index (κ3) is 9.21. The van der Waals surface area contributed by atoms with Crippen LogP contribution in [0.25, 0.3) is 0 Å². The number of rotatable bonds is 3. The highest BCUT2D eigenvalue weighted by atomic mass is 16.5. The van der Waals surface area contributed by atoms with E-state index in [2.05, 4.69) is 20.8 Å². The minimum atomic E-state index is 0.0129. The average molecular weight is 156 g/mol. The molecule has 0 heterocycles. The fraction of sp³-hybridized carbons (Fsp3) is 0.667. The Morgan fingerprint density at radius 3 is 2.36 bits per heavy atom. The number of allylic oxidation sites excluding steroid dienone is 1. The molecule has 0 rings (SSSR count). The number of carbonyl (C=O) groups excluding carboxylic acids is 1. The lowest BCUT2D eigenvalue weighted by molar-refractivity contribution is -0.112. The normalized spacial score (nSPS) is 12.0. The molecule has 0 aliphatic heterocycles. The molecule has 64 valence electrons. The first kappa shape index (κ1) is 10.2. The molecule has 11 heavy (non-hydrogen) atoms. The molecule has 0 saturated carbocycles. The van der Waals surface area contributed by atoms with Crippen molar-refractivity contribution in [2.75, 3.05) is 6.61 Å². The zero-order valence-electron chi connectivity index (χ0n) is 7.68. The largest absolute Gasteiger partial charge is 0.501 e. The molecule has 0 saturated heterocycles. The van der Waals surface area contributed by atoms with Crippen LogP contribution in [0, 0.1) is 5.41 Å². The summed E-state index contributed by atoms with van der Waals surface area (Å²) in [6.07, 6.45) is 2.87. The summed E-state index contributed by atoms with van der Waals surface area (Å²) in [7, 11) is 0. The highest BCUT2D eigenvalue weighted by Crippen LogP contribution is 2.12. The second kappa shape index (κ2) is 4.16. The van der Waals surface area contributed by atoms with Crippen LogP contribution < -0.4 is 0 Å². The lowest BCUT2D eigenvalue weighted by Crippen LogP contribution is -2.12. The Hall–Kier alpha value is -0.790. The Labute approximate surface area is 68.2 Å². The van der Waals surface area contributed by atoms with E-state index in [-0.39, 0.29) is 11.2 Å². The summed E-state index contributed by atoms with van der Waals surface area (Å²) in [5, 5.41) is 0. The van der Waals surface area contributed by atoms with Crippen molar-refractivity contribution >= 4 is 5.78 Å². The van der Waals surface area contributed by atoms with Crippen LogP contribution >= 0.6 is 0 Å². The molecule has 0 spiro atoms. The van der Waals surface area contributed by atoms with Gasteiger partial charge in [-0.3, -0.25) is 4.79 Å². The lowest BCUT2D eigenvalue weighted by Gasteiger charge is -2.16. The van der Waals surface area contributed by atoms with Crippen LogP contribution in [0.1, 0.15) is 27.7 Å². The van der Waals surface area contributed by atoms with E-state index in [1.54, 1.807) is 0 Å². The van der Waals surface area contributed by atoms with Crippen molar-refractivity contribution < 1.29 is 9.53 Å². The SMILES string of the molecule is CC(=O)C=COCC(C)(C)C. The summed E-state index contributed by atoms with van der Waals surface area (Å²) in [5.41, 5.74) is 0.154. The van der Waals surface area contributed by atoms with Crippen LogP contribution in [0.15, 0.2) is 12.3 Å². The van der Waals surface area contributed by atoms with E-state index < -0.39 is 0 Å². The Kier molecular flexibility index (Phi) is 3.86. The summed E-state index contributed by atoms with van der Waals surface area (Å²) in [6.45, 7) is 8.37. The fourth-order valence-corrected chi connectivity index (χ4v) is 0.442.